The van der Waals surface area contributed by atoms with E-state index in [2.05, 4.69) is 25.8 Å². The van der Waals surface area contributed by atoms with E-state index in [1.165, 1.54) is 6.42 Å². The van der Waals surface area contributed by atoms with Gasteiger partial charge >= 0.3 is 0 Å². The van der Waals surface area contributed by atoms with Crippen molar-refractivity contribution in [1.82, 2.24) is 4.90 Å². The van der Waals surface area contributed by atoms with Crippen LogP contribution in [-0.2, 0) is 0 Å². The van der Waals surface area contributed by atoms with Crippen molar-refractivity contribution >= 4 is 11.6 Å². The van der Waals surface area contributed by atoms with Gasteiger partial charge in [-0.25, -0.2) is 0 Å². The first-order chi connectivity index (χ1) is 5.22. The molecule has 0 aromatic carbocycles. The van der Waals surface area contributed by atoms with Gasteiger partial charge in [0.2, 0.25) is 0 Å². The van der Waals surface area contributed by atoms with Crippen molar-refractivity contribution in [2.75, 3.05) is 19.5 Å². The molecular weight excluding hydrogens is 158 g/mol. The fourth-order valence-electron chi connectivity index (χ4n) is 0.665. The molecule has 0 saturated heterocycles. The van der Waals surface area contributed by atoms with E-state index in [-0.39, 0.29) is 0 Å². The normalized spacial score (nSPS) is 12.3. The van der Waals surface area contributed by atoms with Crippen LogP contribution in [-0.4, -0.2) is 30.4 Å². The second-order valence-electron chi connectivity index (χ2n) is 2.43. The van der Waals surface area contributed by atoms with E-state index in [9.17, 15) is 0 Å². The van der Waals surface area contributed by atoms with E-state index in [4.69, 9.17) is 11.6 Å². The van der Waals surface area contributed by atoms with Gasteiger partial charge in [-0.2, -0.15) is 0 Å². The van der Waals surface area contributed by atoms with Crippen molar-refractivity contribution in [3.8, 4) is 0 Å². The topological polar surface area (TPSA) is 3.24 Å². The second-order valence-corrected chi connectivity index (χ2v) is 2.80. The minimum Gasteiger partial charge on any atom is -0.303 e. The Balaban J connectivity index is 0. The summed E-state index contributed by atoms with van der Waals surface area (Å²) in [5.41, 5.74) is 0. The van der Waals surface area contributed by atoms with Crippen LogP contribution in [0.2, 0.25) is 0 Å². The van der Waals surface area contributed by atoms with Crippen LogP contribution < -0.4 is 0 Å². The van der Waals surface area contributed by atoms with Crippen molar-refractivity contribution in [1.29, 1.82) is 0 Å². The molecule has 70 valence electrons. The van der Waals surface area contributed by atoms with Gasteiger partial charge in [-0.3, -0.25) is 0 Å². The van der Waals surface area contributed by atoms with Crippen LogP contribution in [0.25, 0.3) is 0 Å². The smallest absolute Gasteiger partial charge is 0.0351 e. The molecule has 0 aromatic rings. The molecule has 0 heterocycles. The molecule has 0 amide bonds. The van der Waals surface area contributed by atoms with Crippen molar-refractivity contribution < 1.29 is 0 Å². The zero-order valence-corrected chi connectivity index (χ0v) is 9.28. The molecule has 0 aliphatic heterocycles. The number of rotatable bonds is 4. The largest absolute Gasteiger partial charge is 0.303 e. The van der Waals surface area contributed by atoms with Gasteiger partial charge in [0.15, 0.2) is 0 Å². The predicted octanol–water partition coefficient (Wildman–Crippen LogP) is 2.98. The molecule has 0 rings (SSSR count). The van der Waals surface area contributed by atoms with E-state index in [0.29, 0.717) is 6.04 Å². The molecule has 0 aliphatic carbocycles. The first-order valence-corrected chi connectivity index (χ1v) is 5.02. The first-order valence-electron chi connectivity index (χ1n) is 4.48. The van der Waals surface area contributed by atoms with Gasteiger partial charge in [0.1, 0.15) is 0 Å². The molecule has 0 spiro atoms. The molecule has 2 heteroatoms. The predicted molar refractivity (Wildman–Crippen MR) is 54.5 cm³/mol. The molecule has 1 atom stereocenters. The van der Waals surface area contributed by atoms with Gasteiger partial charge in [0.05, 0.1) is 0 Å². The van der Waals surface area contributed by atoms with Gasteiger partial charge in [-0.05, 0) is 20.4 Å². The molecule has 0 aliphatic rings. The van der Waals surface area contributed by atoms with E-state index >= 15 is 0 Å². The summed E-state index contributed by atoms with van der Waals surface area (Å²) in [5, 5.41) is 0. The molecule has 0 radical (unpaired) electrons. The van der Waals surface area contributed by atoms with Crippen LogP contribution in [0.3, 0.4) is 0 Å². The standard InChI is InChI=1S/C7H16ClN.C2H6/c1-4-7(2)9(3)6-5-8;1-2/h7H,4-6H2,1-3H3;1-2H3. The summed E-state index contributed by atoms with van der Waals surface area (Å²) in [5.74, 6) is 0.737. The number of hydrogen-bond donors (Lipinski definition) is 0. The third kappa shape index (κ3) is 8.15. The van der Waals surface area contributed by atoms with Gasteiger partial charge in [-0.1, -0.05) is 20.8 Å². The Labute approximate surface area is 76.7 Å². The van der Waals surface area contributed by atoms with E-state index in [0.717, 1.165) is 12.4 Å². The van der Waals surface area contributed by atoms with Crippen LogP contribution in [0.1, 0.15) is 34.1 Å². The fourth-order valence-corrected chi connectivity index (χ4v) is 0.932. The Morgan fingerprint density at radius 3 is 2.09 bits per heavy atom. The average molecular weight is 180 g/mol. The lowest BCUT2D eigenvalue weighted by atomic mass is 10.2. The number of alkyl halides is 1. The number of nitrogens with zero attached hydrogens (tertiary/aromatic N) is 1. The van der Waals surface area contributed by atoms with Crippen molar-refractivity contribution in [3.05, 3.63) is 0 Å². The second kappa shape index (κ2) is 10.2. The molecule has 1 unspecified atom stereocenters. The number of halogens is 1. The van der Waals surface area contributed by atoms with Crippen LogP contribution in [0, 0.1) is 0 Å². The maximum atomic E-state index is 5.56. The molecule has 0 fully saturated rings. The van der Waals surface area contributed by atoms with Crippen LogP contribution in [0.4, 0.5) is 0 Å². The Hall–Kier alpha value is 0.250. The maximum Gasteiger partial charge on any atom is 0.0351 e. The lowest BCUT2D eigenvalue weighted by Crippen LogP contribution is -2.29. The monoisotopic (exact) mass is 179 g/mol. The lowest BCUT2D eigenvalue weighted by Gasteiger charge is -2.21. The van der Waals surface area contributed by atoms with Crippen LogP contribution >= 0.6 is 11.6 Å². The first kappa shape index (κ1) is 13.8. The van der Waals surface area contributed by atoms with Gasteiger partial charge in [0.25, 0.3) is 0 Å². The highest BCUT2D eigenvalue weighted by Crippen LogP contribution is 1.98. The Bertz CT molecular complexity index is 66.6. The minimum atomic E-state index is 0.670. The quantitative estimate of drug-likeness (QED) is 0.600. The summed E-state index contributed by atoms with van der Waals surface area (Å²) >= 11 is 5.56. The van der Waals surface area contributed by atoms with Gasteiger partial charge in [0, 0.05) is 18.5 Å². The zero-order valence-electron chi connectivity index (χ0n) is 8.52. The zero-order chi connectivity index (χ0) is 9.28. The summed E-state index contributed by atoms with van der Waals surface area (Å²) in [7, 11) is 2.11. The van der Waals surface area contributed by atoms with E-state index < -0.39 is 0 Å². The van der Waals surface area contributed by atoms with Crippen molar-refractivity contribution in [2.45, 2.75) is 40.2 Å². The summed E-state index contributed by atoms with van der Waals surface area (Å²) in [6.07, 6.45) is 1.20. The average Bonchev–Trinajstić information content (AvgIpc) is 2.07. The van der Waals surface area contributed by atoms with Crippen molar-refractivity contribution in [3.63, 3.8) is 0 Å². The maximum absolute atomic E-state index is 5.56. The molecular formula is C9H22ClN. The van der Waals surface area contributed by atoms with Crippen LogP contribution in [0.5, 0.6) is 0 Å². The molecule has 0 saturated carbocycles. The van der Waals surface area contributed by atoms with Gasteiger partial charge in [-0.15, -0.1) is 11.6 Å². The number of hydrogen-bond acceptors (Lipinski definition) is 1. The summed E-state index contributed by atoms with van der Waals surface area (Å²) in [6.45, 7) is 9.40. The fraction of sp³-hybridized carbons (Fsp3) is 1.00. The Morgan fingerprint density at radius 1 is 1.36 bits per heavy atom. The molecule has 0 N–H and O–H groups in total. The highest BCUT2D eigenvalue weighted by Gasteiger charge is 2.03. The molecule has 0 bridgehead atoms. The SMILES string of the molecule is CC.CCC(C)N(C)CCCl. The minimum absolute atomic E-state index is 0.670. The Kier molecular flexibility index (Phi) is 12.9. The molecule has 0 aromatic heterocycles. The molecule has 1 nitrogen and oxygen atoms in total. The van der Waals surface area contributed by atoms with Gasteiger partial charge < -0.3 is 4.90 Å². The van der Waals surface area contributed by atoms with Crippen LogP contribution in [0.15, 0.2) is 0 Å². The highest BCUT2D eigenvalue weighted by molar-refractivity contribution is 6.18. The third-order valence-electron chi connectivity index (χ3n) is 1.78. The van der Waals surface area contributed by atoms with E-state index in [1.54, 1.807) is 0 Å². The third-order valence-corrected chi connectivity index (χ3v) is 1.95. The summed E-state index contributed by atoms with van der Waals surface area (Å²) in [4.78, 5) is 2.27. The summed E-state index contributed by atoms with van der Waals surface area (Å²) < 4.78 is 0. The van der Waals surface area contributed by atoms with E-state index in [1.807, 2.05) is 13.8 Å². The highest BCUT2D eigenvalue weighted by atomic mass is 35.5. The lowest BCUT2D eigenvalue weighted by molar-refractivity contribution is 0.266. The Morgan fingerprint density at radius 2 is 1.82 bits per heavy atom. The summed E-state index contributed by atoms with van der Waals surface area (Å²) in [6, 6.07) is 0.670. The van der Waals surface area contributed by atoms with Crippen molar-refractivity contribution in [2.24, 2.45) is 0 Å². The molecule has 11 heavy (non-hydrogen) atoms.